The molecule has 36 heavy (non-hydrogen) atoms. The maximum atomic E-state index is 6.51. The summed E-state index contributed by atoms with van der Waals surface area (Å²) in [6.07, 6.45) is 0. The molecule has 202 valence electrons. The molecule has 0 saturated carbocycles. The van der Waals surface area contributed by atoms with Gasteiger partial charge in [-0.3, -0.25) is 0 Å². The highest BCUT2D eigenvalue weighted by Gasteiger charge is 2.46. The van der Waals surface area contributed by atoms with E-state index in [1.165, 1.54) is 0 Å². The maximum Gasteiger partial charge on any atom is 0.369 e. The lowest BCUT2D eigenvalue weighted by molar-refractivity contribution is 0.198. The van der Waals surface area contributed by atoms with Crippen molar-refractivity contribution in [2.24, 2.45) is 0 Å². The van der Waals surface area contributed by atoms with Crippen molar-refractivity contribution in [3.8, 4) is 11.1 Å². The molecule has 2 aromatic carbocycles. The zero-order chi connectivity index (χ0) is 26.8. The molecular formula is C27H46O6Si3. The van der Waals surface area contributed by atoms with Crippen LogP contribution in [0.15, 0.2) is 42.5 Å². The smallest absolute Gasteiger partial charge is 0.369 e. The molecule has 0 amide bonds. The third-order valence-corrected chi connectivity index (χ3v) is 15.8. The van der Waals surface area contributed by atoms with E-state index in [0.29, 0.717) is 39.6 Å². The van der Waals surface area contributed by atoms with Crippen LogP contribution in [0.4, 0.5) is 0 Å². The number of benzene rings is 2. The van der Waals surface area contributed by atoms with E-state index in [4.69, 9.17) is 26.6 Å². The quantitative estimate of drug-likeness (QED) is 0.289. The second kappa shape index (κ2) is 14.1. The highest BCUT2D eigenvalue weighted by molar-refractivity contribution is 6.91. The first kappa shape index (κ1) is 31.1. The Bertz CT molecular complexity index is 937. The molecular weight excluding hydrogens is 505 g/mol. The van der Waals surface area contributed by atoms with Gasteiger partial charge in [-0.25, -0.2) is 0 Å². The van der Waals surface area contributed by atoms with Gasteiger partial charge in [-0.2, -0.15) is 0 Å². The van der Waals surface area contributed by atoms with Crippen molar-refractivity contribution in [3.63, 3.8) is 0 Å². The second-order valence-electron chi connectivity index (χ2n) is 8.71. The zero-order valence-electron chi connectivity index (χ0n) is 23.7. The van der Waals surface area contributed by atoms with Crippen LogP contribution in [-0.4, -0.2) is 65.3 Å². The fourth-order valence-electron chi connectivity index (χ4n) is 4.99. The Kier molecular flexibility index (Phi) is 12.2. The molecule has 0 radical (unpaired) electrons. The topological polar surface area (TPSA) is 55.4 Å². The zero-order valence-corrected chi connectivity index (χ0v) is 26.7. The summed E-state index contributed by atoms with van der Waals surface area (Å²) in [6.45, 7) is 22.0. The summed E-state index contributed by atoms with van der Waals surface area (Å²) in [5, 5.41) is 3.26. The first-order valence-electron chi connectivity index (χ1n) is 13.3. The molecule has 0 aliphatic heterocycles. The first-order valence-corrected chi connectivity index (χ1v) is 20.2. The first-order chi connectivity index (χ1) is 17.2. The summed E-state index contributed by atoms with van der Waals surface area (Å²) in [5.74, 6) is 0. The Morgan fingerprint density at radius 1 is 0.444 bits per heavy atom. The van der Waals surface area contributed by atoms with E-state index in [2.05, 4.69) is 62.1 Å². The Balaban J connectivity index is 2.99. The predicted molar refractivity (Wildman–Crippen MR) is 155 cm³/mol. The summed E-state index contributed by atoms with van der Waals surface area (Å²) in [5.41, 5.74) is 2.17. The average Bonchev–Trinajstić information content (AvgIpc) is 2.84. The van der Waals surface area contributed by atoms with Crippen LogP contribution in [0.1, 0.15) is 41.5 Å². The molecule has 0 heterocycles. The molecule has 2 aromatic rings. The van der Waals surface area contributed by atoms with Gasteiger partial charge < -0.3 is 26.6 Å². The van der Waals surface area contributed by atoms with Gasteiger partial charge in [0.25, 0.3) is 0 Å². The Hall–Kier alpha value is -1.15. The van der Waals surface area contributed by atoms with Crippen LogP contribution in [0, 0.1) is 0 Å². The fourth-order valence-corrected chi connectivity index (χ4v) is 14.2. The Morgan fingerprint density at radius 2 is 0.806 bits per heavy atom. The van der Waals surface area contributed by atoms with E-state index < -0.39 is 25.7 Å². The molecule has 0 N–H and O–H groups in total. The van der Waals surface area contributed by atoms with Crippen LogP contribution in [0.25, 0.3) is 11.1 Å². The average molecular weight is 551 g/mol. The van der Waals surface area contributed by atoms with Crippen molar-refractivity contribution in [1.82, 2.24) is 0 Å². The standard InChI is InChI=1S/C27H46O6Si3/c1-10-28-34(7,29-11-2)25-21-17-16-19-23(25)24-20-18-22-26(35(8,30-12-3)31-13-4)27(24)36(9,32-14-5)33-15-6/h16-22H,10-15H2,1-9H3. The molecule has 2 rings (SSSR count). The van der Waals surface area contributed by atoms with Gasteiger partial charge in [-0.1, -0.05) is 42.5 Å². The van der Waals surface area contributed by atoms with Crippen molar-refractivity contribution < 1.29 is 26.6 Å². The minimum Gasteiger partial charge on any atom is -0.391 e. The van der Waals surface area contributed by atoms with E-state index >= 15 is 0 Å². The van der Waals surface area contributed by atoms with Crippen molar-refractivity contribution in [1.29, 1.82) is 0 Å². The van der Waals surface area contributed by atoms with E-state index in [1.54, 1.807) is 0 Å². The highest BCUT2D eigenvalue weighted by Crippen LogP contribution is 2.25. The van der Waals surface area contributed by atoms with E-state index in [1.807, 2.05) is 41.5 Å². The molecule has 0 saturated heterocycles. The van der Waals surface area contributed by atoms with Crippen LogP contribution in [0.3, 0.4) is 0 Å². The lowest BCUT2D eigenvalue weighted by Gasteiger charge is -2.36. The van der Waals surface area contributed by atoms with Crippen LogP contribution < -0.4 is 15.6 Å². The van der Waals surface area contributed by atoms with Gasteiger partial charge in [0.1, 0.15) is 0 Å². The third-order valence-electron chi connectivity index (χ3n) is 6.23. The molecule has 0 aliphatic carbocycles. The van der Waals surface area contributed by atoms with Crippen LogP contribution in [0.5, 0.6) is 0 Å². The molecule has 9 heteroatoms. The van der Waals surface area contributed by atoms with Crippen molar-refractivity contribution >= 4 is 41.2 Å². The van der Waals surface area contributed by atoms with Crippen LogP contribution >= 0.6 is 0 Å². The van der Waals surface area contributed by atoms with Gasteiger partial charge >= 0.3 is 25.7 Å². The fraction of sp³-hybridized carbons (Fsp3) is 0.556. The Labute approximate surface area is 222 Å². The molecule has 0 fully saturated rings. The molecule has 0 aromatic heterocycles. The van der Waals surface area contributed by atoms with Crippen molar-refractivity contribution in [2.75, 3.05) is 39.6 Å². The largest absolute Gasteiger partial charge is 0.391 e. The number of rotatable bonds is 16. The Morgan fingerprint density at radius 3 is 1.28 bits per heavy atom. The normalized spacial score (nSPS) is 12.8. The van der Waals surface area contributed by atoms with Crippen molar-refractivity contribution in [2.45, 2.75) is 61.2 Å². The highest BCUT2D eigenvalue weighted by atomic mass is 28.4. The lowest BCUT2D eigenvalue weighted by Crippen LogP contribution is -2.66. The summed E-state index contributed by atoms with van der Waals surface area (Å²) in [6, 6.07) is 14.8. The van der Waals surface area contributed by atoms with Gasteiger partial charge in [0.05, 0.1) is 0 Å². The summed E-state index contributed by atoms with van der Waals surface area (Å²) >= 11 is 0. The van der Waals surface area contributed by atoms with E-state index in [-0.39, 0.29) is 0 Å². The van der Waals surface area contributed by atoms with Crippen LogP contribution in [0.2, 0.25) is 19.6 Å². The summed E-state index contributed by atoms with van der Waals surface area (Å²) < 4.78 is 38.5. The van der Waals surface area contributed by atoms with E-state index in [0.717, 1.165) is 26.7 Å². The SMILES string of the molecule is CCO[Si](C)(OCC)c1ccccc1-c1cccc([Si](C)(OCC)OCC)c1[Si](C)(OCC)OCC. The monoisotopic (exact) mass is 550 g/mol. The third kappa shape index (κ3) is 6.83. The van der Waals surface area contributed by atoms with Crippen molar-refractivity contribution in [3.05, 3.63) is 42.5 Å². The molecule has 0 aliphatic rings. The lowest BCUT2D eigenvalue weighted by atomic mass is 10.1. The van der Waals surface area contributed by atoms with Gasteiger partial charge in [0, 0.05) is 50.0 Å². The predicted octanol–water partition coefficient (Wildman–Crippen LogP) is 4.41. The molecule has 6 nitrogen and oxygen atoms in total. The molecule has 0 unspecified atom stereocenters. The van der Waals surface area contributed by atoms with E-state index in [9.17, 15) is 0 Å². The number of hydrogen-bond acceptors (Lipinski definition) is 6. The molecule has 0 spiro atoms. The number of hydrogen-bond donors (Lipinski definition) is 0. The minimum atomic E-state index is -2.88. The molecule has 0 atom stereocenters. The molecule has 0 bridgehead atoms. The van der Waals surface area contributed by atoms with Gasteiger partial charge in [0.15, 0.2) is 0 Å². The van der Waals surface area contributed by atoms with Gasteiger partial charge in [0.2, 0.25) is 0 Å². The maximum absolute atomic E-state index is 6.51. The minimum absolute atomic E-state index is 0.560. The summed E-state index contributed by atoms with van der Waals surface area (Å²) in [4.78, 5) is 0. The van der Waals surface area contributed by atoms with Gasteiger partial charge in [-0.15, -0.1) is 0 Å². The summed E-state index contributed by atoms with van der Waals surface area (Å²) in [7, 11) is -8.33. The van der Waals surface area contributed by atoms with Gasteiger partial charge in [-0.05, 0) is 77.5 Å². The van der Waals surface area contributed by atoms with Crippen LogP contribution in [-0.2, 0) is 26.6 Å². The second-order valence-corrected chi connectivity index (χ2v) is 17.7.